The van der Waals surface area contributed by atoms with Crippen LogP contribution in [-0.4, -0.2) is 19.3 Å². The van der Waals surface area contributed by atoms with Gasteiger partial charge in [-0.3, -0.25) is 0 Å². The van der Waals surface area contributed by atoms with Gasteiger partial charge in [0.05, 0.1) is 6.10 Å². The first-order valence-electron chi connectivity index (χ1n) is 5.92. The SMILES string of the molecule is CCC(CC)CC(N)CCC(C)OC. The van der Waals surface area contributed by atoms with E-state index in [1.54, 1.807) is 7.11 Å². The highest BCUT2D eigenvalue weighted by Gasteiger charge is 2.11. The lowest BCUT2D eigenvalue weighted by molar-refractivity contribution is 0.106. The standard InChI is InChI=1S/C12H27NO/c1-5-11(6-2)9-12(13)8-7-10(3)14-4/h10-12H,5-9,13H2,1-4H3. The minimum absolute atomic E-state index is 0.350. The molecular formula is C12H27NO. The molecule has 86 valence electrons. The van der Waals surface area contributed by atoms with E-state index in [1.807, 2.05) is 0 Å². The van der Waals surface area contributed by atoms with Gasteiger partial charge in [-0.05, 0) is 32.1 Å². The van der Waals surface area contributed by atoms with Gasteiger partial charge in [-0.25, -0.2) is 0 Å². The smallest absolute Gasteiger partial charge is 0.0543 e. The normalized spacial score (nSPS) is 15.9. The Hall–Kier alpha value is -0.0800. The van der Waals surface area contributed by atoms with E-state index in [2.05, 4.69) is 20.8 Å². The van der Waals surface area contributed by atoms with Crippen molar-refractivity contribution in [1.29, 1.82) is 0 Å². The summed E-state index contributed by atoms with van der Waals surface area (Å²) in [6.45, 7) is 6.60. The Morgan fingerprint density at radius 1 is 1.14 bits per heavy atom. The minimum Gasteiger partial charge on any atom is -0.382 e. The molecule has 0 aliphatic carbocycles. The van der Waals surface area contributed by atoms with Gasteiger partial charge in [0.1, 0.15) is 0 Å². The van der Waals surface area contributed by atoms with Crippen molar-refractivity contribution in [2.45, 2.75) is 65.0 Å². The van der Waals surface area contributed by atoms with E-state index in [9.17, 15) is 0 Å². The van der Waals surface area contributed by atoms with Gasteiger partial charge in [0.2, 0.25) is 0 Å². The summed E-state index contributed by atoms with van der Waals surface area (Å²) >= 11 is 0. The van der Waals surface area contributed by atoms with E-state index in [-0.39, 0.29) is 0 Å². The highest BCUT2D eigenvalue weighted by molar-refractivity contribution is 4.68. The second kappa shape index (κ2) is 8.25. The molecule has 14 heavy (non-hydrogen) atoms. The van der Waals surface area contributed by atoms with Crippen LogP contribution in [0.4, 0.5) is 0 Å². The van der Waals surface area contributed by atoms with Gasteiger partial charge in [-0.15, -0.1) is 0 Å². The summed E-state index contributed by atoms with van der Waals surface area (Å²) < 4.78 is 5.20. The first kappa shape index (κ1) is 13.9. The van der Waals surface area contributed by atoms with Crippen LogP contribution in [0.3, 0.4) is 0 Å². The maximum absolute atomic E-state index is 6.07. The molecular weight excluding hydrogens is 174 g/mol. The molecule has 0 bridgehead atoms. The second-order valence-corrected chi connectivity index (χ2v) is 4.30. The molecule has 0 radical (unpaired) electrons. The van der Waals surface area contributed by atoms with Crippen molar-refractivity contribution in [2.24, 2.45) is 11.7 Å². The molecule has 0 aliphatic rings. The van der Waals surface area contributed by atoms with Crippen LogP contribution in [-0.2, 0) is 4.74 Å². The molecule has 2 N–H and O–H groups in total. The molecule has 0 rings (SSSR count). The highest BCUT2D eigenvalue weighted by atomic mass is 16.5. The van der Waals surface area contributed by atoms with E-state index in [0.717, 1.165) is 18.8 Å². The Kier molecular flexibility index (Phi) is 8.20. The van der Waals surface area contributed by atoms with Crippen LogP contribution in [0.25, 0.3) is 0 Å². The average molecular weight is 201 g/mol. The van der Waals surface area contributed by atoms with Crippen LogP contribution in [0.2, 0.25) is 0 Å². The molecule has 0 saturated carbocycles. The van der Waals surface area contributed by atoms with Crippen LogP contribution < -0.4 is 5.73 Å². The number of methoxy groups -OCH3 is 1. The lowest BCUT2D eigenvalue weighted by Gasteiger charge is -2.19. The van der Waals surface area contributed by atoms with Crippen molar-refractivity contribution in [3.05, 3.63) is 0 Å². The van der Waals surface area contributed by atoms with Gasteiger partial charge < -0.3 is 10.5 Å². The van der Waals surface area contributed by atoms with E-state index in [0.29, 0.717) is 12.1 Å². The number of hydrogen-bond acceptors (Lipinski definition) is 2. The summed E-state index contributed by atoms with van der Waals surface area (Å²) in [6, 6.07) is 0.359. The van der Waals surface area contributed by atoms with Gasteiger partial charge in [0.25, 0.3) is 0 Å². The largest absolute Gasteiger partial charge is 0.382 e. The average Bonchev–Trinajstić information content (AvgIpc) is 2.22. The van der Waals surface area contributed by atoms with Gasteiger partial charge >= 0.3 is 0 Å². The summed E-state index contributed by atoms with van der Waals surface area (Å²) in [5.74, 6) is 0.808. The fourth-order valence-electron chi connectivity index (χ4n) is 1.73. The van der Waals surface area contributed by atoms with Crippen LogP contribution in [0.15, 0.2) is 0 Å². The molecule has 0 aromatic carbocycles. The molecule has 0 aromatic heterocycles. The van der Waals surface area contributed by atoms with Gasteiger partial charge in [-0.2, -0.15) is 0 Å². The molecule has 0 saturated heterocycles. The van der Waals surface area contributed by atoms with Gasteiger partial charge in [0, 0.05) is 13.2 Å². The van der Waals surface area contributed by atoms with Crippen molar-refractivity contribution in [2.75, 3.05) is 7.11 Å². The Labute approximate surface area is 89.2 Å². The number of rotatable bonds is 8. The quantitative estimate of drug-likeness (QED) is 0.655. The summed E-state index contributed by atoms with van der Waals surface area (Å²) in [7, 11) is 1.76. The number of nitrogens with two attached hydrogens (primary N) is 1. The van der Waals surface area contributed by atoms with E-state index >= 15 is 0 Å². The van der Waals surface area contributed by atoms with Crippen molar-refractivity contribution < 1.29 is 4.74 Å². The number of hydrogen-bond donors (Lipinski definition) is 1. The molecule has 0 fully saturated rings. The lowest BCUT2D eigenvalue weighted by atomic mass is 9.93. The van der Waals surface area contributed by atoms with Gasteiger partial charge in [-0.1, -0.05) is 26.7 Å². The zero-order valence-electron chi connectivity index (χ0n) is 10.3. The van der Waals surface area contributed by atoms with Crippen molar-refractivity contribution >= 4 is 0 Å². The van der Waals surface area contributed by atoms with Crippen LogP contribution in [0.5, 0.6) is 0 Å². The first-order chi connectivity index (χ1) is 6.63. The third-order valence-corrected chi connectivity index (χ3v) is 3.14. The maximum Gasteiger partial charge on any atom is 0.0543 e. The molecule has 0 spiro atoms. The zero-order chi connectivity index (χ0) is 11.0. The Morgan fingerprint density at radius 3 is 2.14 bits per heavy atom. The first-order valence-corrected chi connectivity index (χ1v) is 5.92. The second-order valence-electron chi connectivity index (χ2n) is 4.30. The fourth-order valence-corrected chi connectivity index (χ4v) is 1.73. The predicted octanol–water partition coefficient (Wildman–Crippen LogP) is 2.96. The topological polar surface area (TPSA) is 35.2 Å². The third-order valence-electron chi connectivity index (χ3n) is 3.14. The van der Waals surface area contributed by atoms with Crippen LogP contribution >= 0.6 is 0 Å². The fraction of sp³-hybridized carbons (Fsp3) is 1.00. The zero-order valence-corrected chi connectivity index (χ0v) is 10.3. The molecule has 0 amide bonds. The Balaban J connectivity index is 3.58. The van der Waals surface area contributed by atoms with Crippen LogP contribution in [0, 0.1) is 5.92 Å². The summed E-state index contributed by atoms with van der Waals surface area (Å²) in [6.07, 6.45) is 6.20. The van der Waals surface area contributed by atoms with E-state index < -0.39 is 0 Å². The number of ether oxygens (including phenoxy) is 1. The third kappa shape index (κ3) is 6.39. The molecule has 0 aliphatic heterocycles. The summed E-state index contributed by atoms with van der Waals surface area (Å²) in [5, 5.41) is 0. The van der Waals surface area contributed by atoms with E-state index in [1.165, 1.54) is 19.3 Å². The molecule has 0 aromatic rings. The van der Waals surface area contributed by atoms with Crippen LogP contribution in [0.1, 0.15) is 52.9 Å². The summed E-state index contributed by atoms with van der Waals surface area (Å²) in [5.41, 5.74) is 6.07. The minimum atomic E-state index is 0.350. The highest BCUT2D eigenvalue weighted by Crippen LogP contribution is 2.16. The maximum atomic E-state index is 6.07. The molecule has 0 heterocycles. The monoisotopic (exact) mass is 201 g/mol. The lowest BCUT2D eigenvalue weighted by Crippen LogP contribution is -2.25. The van der Waals surface area contributed by atoms with Crippen molar-refractivity contribution in [3.8, 4) is 0 Å². The molecule has 2 atom stereocenters. The van der Waals surface area contributed by atoms with E-state index in [4.69, 9.17) is 10.5 Å². The van der Waals surface area contributed by atoms with Gasteiger partial charge in [0.15, 0.2) is 0 Å². The molecule has 2 nitrogen and oxygen atoms in total. The predicted molar refractivity (Wildman–Crippen MR) is 62.4 cm³/mol. The van der Waals surface area contributed by atoms with Crippen molar-refractivity contribution in [3.63, 3.8) is 0 Å². The Morgan fingerprint density at radius 2 is 1.71 bits per heavy atom. The Bertz CT molecular complexity index is 123. The van der Waals surface area contributed by atoms with Crippen molar-refractivity contribution in [1.82, 2.24) is 0 Å². The summed E-state index contributed by atoms with van der Waals surface area (Å²) in [4.78, 5) is 0. The molecule has 2 heteroatoms. The molecule has 2 unspecified atom stereocenters.